The van der Waals surface area contributed by atoms with Gasteiger partial charge in [-0.3, -0.25) is 0 Å². The first-order chi connectivity index (χ1) is 7.97. The Morgan fingerprint density at radius 2 is 1.88 bits per heavy atom. The Kier molecular flexibility index (Phi) is 3.12. The molecule has 0 unspecified atom stereocenters. The maximum atomic E-state index is 11.9. The number of thiophene rings is 1. The molecule has 0 saturated heterocycles. The van der Waals surface area contributed by atoms with Crippen molar-refractivity contribution in [3.8, 4) is 0 Å². The van der Waals surface area contributed by atoms with Crippen molar-refractivity contribution in [2.24, 2.45) is 0 Å². The number of hydrogen-bond donors (Lipinski definition) is 1. The average Bonchev–Trinajstić information content (AvgIpc) is 2.67. The number of nitrogens with zero attached hydrogens (tertiary/aromatic N) is 2. The first kappa shape index (κ1) is 12.0. The van der Waals surface area contributed by atoms with Crippen molar-refractivity contribution in [1.29, 1.82) is 0 Å². The smallest absolute Gasteiger partial charge is 0.246 e. The molecular weight excluding hydrogens is 258 g/mol. The third-order valence-corrected chi connectivity index (χ3v) is 4.69. The minimum absolute atomic E-state index is 0.107. The Bertz CT molecular complexity index is 601. The van der Waals surface area contributed by atoms with Crippen LogP contribution < -0.4 is 4.72 Å². The number of anilines is 1. The van der Waals surface area contributed by atoms with E-state index in [0.29, 0.717) is 0 Å². The van der Waals surface area contributed by atoms with Crippen molar-refractivity contribution in [1.82, 2.24) is 9.97 Å². The van der Waals surface area contributed by atoms with Gasteiger partial charge in [0.25, 0.3) is 10.0 Å². The van der Waals surface area contributed by atoms with Gasteiger partial charge in [0.15, 0.2) is 0 Å². The van der Waals surface area contributed by atoms with Crippen molar-refractivity contribution >= 4 is 27.3 Å². The van der Waals surface area contributed by atoms with Crippen molar-refractivity contribution in [2.45, 2.75) is 18.1 Å². The second kappa shape index (κ2) is 4.42. The molecule has 0 fully saturated rings. The SMILES string of the molecule is Cc1cc(C)nc(NS(=O)(=O)c2cccs2)n1. The third-order valence-electron chi connectivity index (χ3n) is 1.97. The molecule has 1 N–H and O–H groups in total. The largest absolute Gasteiger partial charge is 0.273 e. The van der Waals surface area contributed by atoms with E-state index in [1.54, 1.807) is 31.4 Å². The summed E-state index contributed by atoms with van der Waals surface area (Å²) in [5.41, 5.74) is 1.45. The van der Waals surface area contributed by atoms with Crippen LogP contribution in [0, 0.1) is 13.8 Å². The van der Waals surface area contributed by atoms with E-state index in [2.05, 4.69) is 14.7 Å². The Morgan fingerprint density at radius 1 is 1.24 bits per heavy atom. The Balaban J connectivity index is 2.33. The molecule has 5 nitrogen and oxygen atoms in total. The fraction of sp³-hybridized carbons (Fsp3) is 0.200. The fourth-order valence-corrected chi connectivity index (χ4v) is 3.30. The fourth-order valence-electron chi connectivity index (χ4n) is 1.36. The highest BCUT2D eigenvalue weighted by Crippen LogP contribution is 2.18. The molecule has 0 aliphatic heterocycles. The van der Waals surface area contributed by atoms with Gasteiger partial charge < -0.3 is 0 Å². The zero-order chi connectivity index (χ0) is 12.5. The van der Waals surface area contributed by atoms with E-state index in [-0.39, 0.29) is 10.2 Å². The van der Waals surface area contributed by atoms with E-state index in [1.807, 2.05) is 0 Å². The van der Waals surface area contributed by atoms with Gasteiger partial charge in [0.05, 0.1) is 0 Å². The van der Waals surface area contributed by atoms with Crippen LogP contribution in [-0.2, 0) is 10.0 Å². The first-order valence-corrected chi connectivity index (χ1v) is 7.22. The van der Waals surface area contributed by atoms with Crippen molar-refractivity contribution in [3.63, 3.8) is 0 Å². The van der Waals surface area contributed by atoms with E-state index >= 15 is 0 Å². The molecule has 2 aromatic heterocycles. The molecule has 17 heavy (non-hydrogen) atoms. The van der Waals surface area contributed by atoms with Crippen LogP contribution in [0.1, 0.15) is 11.4 Å². The molecule has 2 aromatic rings. The molecule has 0 amide bonds. The van der Waals surface area contributed by atoms with E-state index in [9.17, 15) is 8.42 Å². The van der Waals surface area contributed by atoms with Gasteiger partial charge in [-0.1, -0.05) is 6.07 Å². The normalized spacial score (nSPS) is 11.4. The summed E-state index contributed by atoms with van der Waals surface area (Å²) < 4.78 is 26.4. The van der Waals surface area contributed by atoms with Gasteiger partial charge in [0.2, 0.25) is 5.95 Å². The molecule has 2 heterocycles. The highest BCUT2D eigenvalue weighted by molar-refractivity contribution is 7.94. The number of nitrogens with one attached hydrogen (secondary N) is 1. The van der Waals surface area contributed by atoms with Gasteiger partial charge in [-0.2, -0.15) is 0 Å². The standard InChI is InChI=1S/C10H11N3O2S2/c1-7-6-8(2)12-10(11-7)13-17(14,15)9-4-3-5-16-9/h3-6H,1-2H3,(H,11,12,13). The van der Waals surface area contributed by atoms with E-state index in [4.69, 9.17) is 0 Å². The summed E-state index contributed by atoms with van der Waals surface area (Å²) in [5, 5.41) is 1.71. The van der Waals surface area contributed by atoms with Gasteiger partial charge >= 0.3 is 0 Å². The van der Waals surface area contributed by atoms with Crippen LogP contribution in [0.4, 0.5) is 5.95 Å². The molecule has 0 spiro atoms. The van der Waals surface area contributed by atoms with Crippen LogP contribution in [0.2, 0.25) is 0 Å². The molecule has 0 aromatic carbocycles. The molecule has 0 bridgehead atoms. The first-order valence-electron chi connectivity index (χ1n) is 4.86. The Labute approximate surface area is 104 Å². The zero-order valence-corrected chi connectivity index (χ0v) is 11.0. The van der Waals surface area contributed by atoms with Gasteiger partial charge in [-0.25, -0.2) is 23.1 Å². The Morgan fingerprint density at radius 3 is 2.41 bits per heavy atom. The van der Waals surface area contributed by atoms with Crippen LogP contribution in [0.15, 0.2) is 27.8 Å². The molecule has 2 rings (SSSR count). The van der Waals surface area contributed by atoms with Crippen molar-refractivity contribution < 1.29 is 8.42 Å². The summed E-state index contributed by atoms with van der Waals surface area (Å²) in [7, 11) is -3.56. The van der Waals surface area contributed by atoms with Gasteiger partial charge in [0, 0.05) is 11.4 Å². The number of aryl methyl sites for hydroxylation is 2. The summed E-state index contributed by atoms with van der Waals surface area (Å²) in [4.78, 5) is 8.06. The lowest BCUT2D eigenvalue weighted by atomic mass is 10.4. The Hall–Kier alpha value is -1.47. The van der Waals surface area contributed by atoms with Crippen molar-refractivity contribution in [3.05, 3.63) is 35.0 Å². The number of rotatable bonds is 3. The molecule has 0 atom stereocenters. The minimum atomic E-state index is -3.56. The summed E-state index contributed by atoms with van der Waals surface area (Å²) in [6, 6.07) is 5.00. The quantitative estimate of drug-likeness (QED) is 0.924. The second-order valence-electron chi connectivity index (χ2n) is 3.51. The lowest BCUT2D eigenvalue weighted by molar-refractivity contribution is 0.602. The third kappa shape index (κ3) is 2.80. The average molecular weight is 269 g/mol. The molecule has 0 radical (unpaired) electrons. The topological polar surface area (TPSA) is 72.0 Å². The van der Waals surface area contributed by atoms with E-state index in [0.717, 1.165) is 22.7 Å². The summed E-state index contributed by atoms with van der Waals surface area (Å²) in [6.07, 6.45) is 0. The van der Waals surface area contributed by atoms with E-state index in [1.165, 1.54) is 6.07 Å². The lowest BCUT2D eigenvalue weighted by Crippen LogP contribution is -2.14. The molecular formula is C10H11N3O2S2. The predicted molar refractivity (Wildman–Crippen MR) is 66.6 cm³/mol. The van der Waals surface area contributed by atoms with E-state index < -0.39 is 10.0 Å². The molecule has 0 saturated carbocycles. The van der Waals surface area contributed by atoms with Gasteiger partial charge in [-0.15, -0.1) is 11.3 Å². The number of hydrogen-bond acceptors (Lipinski definition) is 5. The number of sulfonamides is 1. The van der Waals surface area contributed by atoms with Crippen LogP contribution in [-0.4, -0.2) is 18.4 Å². The van der Waals surface area contributed by atoms with Crippen molar-refractivity contribution in [2.75, 3.05) is 4.72 Å². The molecule has 90 valence electrons. The highest BCUT2D eigenvalue weighted by atomic mass is 32.2. The van der Waals surface area contributed by atoms with Gasteiger partial charge in [-0.05, 0) is 31.4 Å². The molecule has 0 aliphatic carbocycles. The summed E-state index contributed by atoms with van der Waals surface area (Å²) in [5.74, 6) is 0.107. The highest BCUT2D eigenvalue weighted by Gasteiger charge is 2.16. The predicted octanol–water partition coefficient (Wildman–Crippen LogP) is 1.96. The second-order valence-corrected chi connectivity index (χ2v) is 6.37. The summed E-state index contributed by atoms with van der Waals surface area (Å²) >= 11 is 1.15. The maximum Gasteiger partial charge on any atom is 0.273 e. The van der Waals surface area contributed by atoms with Crippen LogP contribution in [0.25, 0.3) is 0 Å². The minimum Gasteiger partial charge on any atom is -0.246 e. The molecule has 0 aliphatic rings. The monoisotopic (exact) mass is 269 g/mol. The number of aromatic nitrogens is 2. The lowest BCUT2D eigenvalue weighted by Gasteiger charge is -2.05. The molecule has 7 heteroatoms. The maximum absolute atomic E-state index is 11.9. The van der Waals surface area contributed by atoms with Crippen LogP contribution in [0.3, 0.4) is 0 Å². The van der Waals surface area contributed by atoms with Crippen LogP contribution in [0.5, 0.6) is 0 Å². The van der Waals surface area contributed by atoms with Gasteiger partial charge in [0.1, 0.15) is 4.21 Å². The summed E-state index contributed by atoms with van der Waals surface area (Å²) in [6.45, 7) is 3.58. The van der Waals surface area contributed by atoms with Crippen LogP contribution >= 0.6 is 11.3 Å². The zero-order valence-electron chi connectivity index (χ0n) is 9.34.